The number of ether oxygens (including phenoxy) is 1. The van der Waals surface area contributed by atoms with E-state index in [4.69, 9.17) is 32.4 Å². The van der Waals surface area contributed by atoms with Gasteiger partial charge in [0.25, 0.3) is 5.91 Å². The van der Waals surface area contributed by atoms with Crippen molar-refractivity contribution in [3.05, 3.63) is 64.0 Å². The Bertz CT molecular complexity index is 910. The number of carbonyl (C=O) groups excluding carboxylic acids is 1. The van der Waals surface area contributed by atoms with Crippen LogP contribution in [0.4, 0.5) is 0 Å². The number of hydrogen-bond acceptors (Lipinski definition) is 5. The Balaban J connectivity index is 1.57. The highest BCUT2D eigenvalue weighted by molar-refractivity contribution is 6.36. The Morgan fingerprint density at radius 1 is 1.15 bits per heavy atom. The van der Waals surface area contributed by atoms with Gasteiger partial charge >= 0.3 is 0 Å². The Hall–Kier alpha value is -2.57. The van der Waals surface area contributed by atoms with Crippen LogP contribution in [0.25, 0.3) is 11.5 Å². The molecule has 0 saturated heterocycles. The zero-order chi connectivity index (χ0) is 18.5. The molecule has 26 heavy (non-hydrogen) atoms. The predicted octanol–water partition coefficient (Wildman–Crippen LogP) is 4.02. The van der Waals surface area contributed by atoms with Crippen LogP contribution in [0.5, 0.6) is 5.75 Å². The van der Waals surface area contributed by atoms with Crippen LogP contribution in [0.1, 0.15) is 16.2 Å². The average Bonchev–Trinajstić information content (AvgIpc) is 3.10. The maximum absolute atomic E-state index is 12.1. The first kappa shape index (κ1) is 18.2. The van der Waals surface area contributed by atoms with Gasteiger partial charge in [-0.25, -0.2) is 0 Å². The van der Waals surface area contributed by atoms with Crippen molar-refractivity contribution in [2.45, 2.75) is 6.42 Å². The van der Waals surface area contributed by atoms with Gasteiger partial charge in [0.2, 0.25) is 11.8 Å². The van der Waals surface area contributed by atoms with Crippen molar-refractivity contribution < 1.29 is 13.9 Å². The number of hydrogen-bond donors (Lipinski definition) is 1. The molecular weight excluding hydrogens is 377 g/mol. The molecule has 8 heteroatoms. The van der Waals surface area contributed by atoms with E-state index in [1.807, 2.05) is 24.3 Å². The molecule has 3 rings (SSSR count). The first-order valence-electron chi connectivity index (χ1n) is 7.77. The highest BCUT2D eigenvalue weighted by Crippen LogP contribution is 2.22. The number of nitrogens with zero attached hydrogens (tertiary/aromatic N) is 2. The standard InChI is InChI=1S/C18H15Cl2N3O3/c1-25-13-5-2-11(3-6-13)18-23-22-16(26-18)8-9-21-17(24)14-7-4-12(19)10-15(14)20/h2-7,10H,8-9H2,1H3,(H,21,24). The van der Waals surface area contributed by atoms with E-state index in [0.29, 0.717) is 40.4 Å². The SMILES string of the molecule is COc1ccc(-c2nnc(CCNC(=O)c3ccc(Cl)cc3Cl)o2)cc1. The van der Waals surface area contributed by atoms with Crippen molar-refractivity contribution in [3.8, 4) is 17.2 Å². The van der Waals surface area contributed by atoms with Crippen LogP contribution < -0.4 is 10.1 Å². The quantitative estimate of drug-likeness (QED) is 0.686. The summed E-state index contributed by atoms with van der Waals surface area (Å²) < 4.78 is 10.7. The van der Waals surface area contributed by atoms with Gasteiger partial charge in [0, 0.05) is 23.6 Å². The molecule has 0 radical (unpaired) electrons. The third-order valence-electron chi connectivity index (χ3n) is 3.60. The van der Waals surface area contributed by atoms with Crippen molar-refractivity contribution in [1.29, 1.82) is 0 Å². The summed E-state index contributed by atoms with van der Waals surface area (Å²) in [6.07, 6.45) is 0.403. The van der Waals surface area contributed by atoms with Gasteiger partial charge in [-0.3, -0.25) is 4.79 Å². The highest BCUT2D eigenvalue weighted by Gasteiger charge is 2.12. The summed E-state index contributed by atoms with van der Waals surface area (Å²) in [7, 11) is 1.60. The lowest BCUT2D eigenvalue weighted by molar-refractivity contribution is 0.0954. The van der Waals surface area contributed by atoms with Crippen molar-refractivity contribution in [3.63, 3.8) is 0 Å². The fourth-order valence-electron chi connectivity index (χ4n) is 2.26. The fraction of sp³-hybridized carbons (Fsp3) is 0.167. The molecule has 0 saturated carbocycles. The van der Waals surface area contributed by atoms with E-state index in [9.17, 15) is 4.79 Å². The number of aromatic nitrogens is 2. The first-order valence-corrected chi connectivity index (χ1v) is 8.52. The van der Waals surface area contributed by atoms with Crippen LogP contribution in [0, 0.1) is 0 Å². The molecule has 3 aromatic rings. The molecule has 0 aliphatic heterocycles. The van der Waals surface area contributed by atoms with E-state index in [1.54, 1.807) is 19.2 Å². The van der Waals surface area contributed by atoms with Crippen LogP contribution in [-0.2, 0) is 6.42 Å². The molecule has 1 N–H and O–H groups in total. The fourth-order valence-corrected chi connectivity index (χ4v) is 2.75. The van der Waals surface area contributed by atoms with E-state index < -0.39 is 0 Å². The molecule has 0 unspecified atom stereocenters. The Kier molecular flexibility index (Phi) is 5.75. The molecule has 0 spiro atoms. The smallest absolute Gasteiger partial charge is 0.252 e. The van der Waals surface area contributed by atoms with Gasteiger partial charge in [0.1, 0.15) is 5.75 Å². The van der Waals surface area contributed by atoms with Gasteiger partial charge in [-0.2, -0.15) is 0 Å². The number of carbonyl (C=O) groups is 1. The number of halogens is 2. The molecule has 1 aromatic heterocycles. The predicted molar refractivity (Wildman–Crippen MR) is 98.8 cm³/mol. The van der Waals surface area contributed by atoms with Crippen LogP contribution in [0.2, 0.25) is 10.0 Å². The maximum atomic E-state index is 12.1. The minimum Gasteiger partial charge on any atom is -0.497 e. The van der Waals surface area contributed by atoms with Gasteiger partial charge in [-0.15, -0.1) is 10.2 Å². The molecule has 1 heterocycles. The molecule has 0 atom stereocenters. The summed E-state index contributed by atoms with van der Waals surface area (Å²) in [6, 6.07) is 12.0. The second-order valence-electron chi connectivity index (χ2n) is 5.36. The molecule has 2 aromatic carbocycles. The average molecular weight is 392 g/mol. The van der Waals surface area contributed by atoms with E-state index in [1.165, 1.54) is 6.07 Å². The van der Waals surface area contributed by atoms with E-state index in [0.717, 1.165) is 11.3 Å². The molecule has 0 fully saturated rings. The van der Waals surface area contributed by atoms with Crippen molar-refractivity contribution in [2.75, 3.05) is 13.7 Å². The topological polar surface area (TPSA) is 77.3 Å². The summed E-state index contributed by atoms with van der Waals surface area (Å²) in [4.78, 5) is 12.1. The summed E-state index contributed by atoms with van der Waals surface area (Å²) in [6.45, 7) is 0.335. The normalized spacial score (nSPS) is 10.6. The third kappa shape index (κ3) is 4.33. The van der Waals surface area contributed by atoms with Crippen LogP contribution >= 0.6 is 23.2 Å². The molecule has 0 bridgehead atoms. The summed E-state index contributed by atoms with van der Waals surface area (Å²) in [5.41, 5.74) is 1.15. The lowest BCUT2D eigenvalue weighted by Gasteiger charge is -2.05. The van der Waals surface area contributed by atoms with Gasteiger partial charge in [-0.05, 0) is 42.5 Å². The zero-order valence-corrected chi connectivity index (χ0v) is 15.3. The van der Waals surface area contributed by atoms with Gasteiger partial charge in [0.15, 0.2) is 0 Å². The molecule has 0 aliphatic rings. The van der Waals surface area contributed by atoms with Crippen LogP contribution in [0.3, 0.4) is 0 Å². The number of methoxy groups -OCH3 is 1. The largest absolute Gasteiger partial charge is 0.497 e. The maximum Gasteiger partial charge on any atom is 0.252 e. The lowest BCUT2D eigenvalue weighted by atomic mass is 10.2. The summed E-state index contributed by atoms with van der Waals surface area (Å²) >= 11 is 11.8. The number of rotatable bonds is 6. The molecule has 134 valence electrons. The molecule has 6 nitrogen and oxygen atoms in total. The van der Waals surface area contributed by atoms with Gasteiger partial charge in [0.05, 0.1) is 17.7 Å². The Labute approximate surface area is 160 Å². The van der Waals surface area contributed by atoms with Crippen molar-refractivity contribution in [1.82, 2.24) is 15.5 Å². The number of amides is 1. The summed E-state index contributed by atoms with van der Waals surface area (Å²) in [5.74, 6) is 1.30. The third-order valence-corrected chi connectivity index (χ3v) is 4.15. The molecular formula is C18H15Cl2N3O3. The van der Waals surface area contributed by atoms with Gasteiger partial charge in [-0.1, -0.05) is 23.2 Å². The van der Waals surface area contributed by atoms with Crippen molar-refractivity contribution in [2.24, 2.45) is 0 Å². The Morgan fingerprint density at radius 2 is 1.92 bits per heavy atom. The van der Waals surface area contributed by atoms with E-state index >= 15 is 0 Å². The molecule has 0 aliphatic carbocycles. The Morgan fingerprint density at radius 3 is 2.62 bits per heavy atom. The molecule has 1 amide bonds. The highest BCUT2D eigenvalue weighted by atomic mass is 35.5. The number of benzene rings is 2. The number of nitrogens with one attached hydrogen (secondary N) is 1. The van der Waals surface area contributed by atoms with Crippen molar-refractivity contribution >= 4 is 29.1 Å². The second kappa shape index (κ2) is 8.21. The minimum atomic E-state index is -0.290. The van der Waals surface area contributed by atoms with E-state index in [-0.39, 0.29) is 5.91 Å². The monoisotopic (exact) mass is 391 g/mol. The van der Waals surface area contributed by atoms with Crippen LogP contribution in [0.15, 0.2) is 46.9 Å². The lowest BCUT2D eigenvalue weighted by Crippen LogP contribution is -2.26. The zero-order valence-electron chi connectivity index (χ0n) is 13.8. The first-order chi connectivity index (χ1) is 12.6. The van der Waals surface area contributed by atoms with E-state index in [2.05, 4.69) is 15.5 Å². The van der Waals surface area contributed by atoms with Gasteiger partial charge < -0.3 is 14.5 Å². The van der Waals surface area contributed by atoms with Crippen LogP contribution in [-0.4, -0.2) is 29.8 Å². The second-order valence-corrected chi connectivity index (χ2v) is 6.20. The summed E-state index contributed by atoms with van der Waals surface area (Å²) in [5, 5.41) is 11.5. The minimum absolute atomic E-state index is 0.290.